The molecule has 0 aliphatic rings. The van der Waals surface area contributed by atoms with Gasteiger partial charge in [-0.3, -0.25) is 0 Å². The highest BCUT2D eigenvalue weighted by molar-refractivity contribution is 6.07. The number of nitrogens with zero attached hydrogens (tertiary/aromatic N) is 1. The molecule has 0 unspecified atom stereocenters. The zero-order valence-electron chi connectivity index (χ0n) is 13.4. The first-order chi connectivity index (χ1) is 11.8. The Kier molecular flexibility index (Phi) is 4.87. The molecule has 120 valence electrons. The molecule has 0 spiro atoms. The van der Waals surface area contributed by atoms with Gasteiger partial charge >= 0.3 is 6.03 Å². The molecule has 4 heteroatoms. The molecule has 2 amide bonds. The van der Waals surface area contributed by atoms with Crippen molar-refractivity contribution in [1.29, 1.82) is 0 Å². The number of nitrogens with one attached hydrogen (secondary N) is 1. The number of amides is 2. The van der Waals surface area contributed by atoms with Crippen molar-refractivity contribution in [2.75, 3.05) is 11.9 Å². The van der Waals surface area contributed by atoms with E-state index in [-0.39, 0.29) is 0 Å². The second kappa shape index (κ2) is 7.42. The van der Waals surface area contributed by atoms with Crippen molar-refractivity contribution in [1.82, 2.24) is 0 Å². The van der Waals surface area contributed by atoms with Crippen LogP contribution in [-0.4, -0.2) is 18.5 Å². The lowest BCUT2D eigenvalue weighted by Gasteiger charge is -2.09. The third kappa shape index (κ3) is 3.60. The number of carbonyl (C=O) groups is 1. The maximum Gasteiger partial charge on any atom is 0.348 e. The fourth-order valence-electron chi connectivity index (χ4n) is 2.47. The van der Waals surface area contributed by atoms with Crippen molar-refractivity contribution in [3.8, 4) is 0 Å². The Morgan fingerprint density at radius 2 is 1.67 bits per heavy atom. The van der Waals surface area contributed by atoms with E-state index in [0.717, 1.165) is 22.0 Å². The molecule has 0 aliphatic carbocycles. The second-order valence-electron chi connectivity index (χ2n) is 5.17. The quantitative estimate of drug-likeness (QED) is 0.554. The largest absolute Gasteiger partial charge is 0.477 e. The van der Waals surface area contributed by atoms with Gasteiger partial charge in [0.05, 0.1) is 12.3 Å². The summed E-state index contributed by atoms with van der Waals surface area (Å²) in [5.74, 6) is 0.316. The van der Waals surface area contributed by atoms with Gasteiger partial charge in [0.25, 0.3) is 0 Å². The molecule has 4 nitrogen and oxygen atoms in total. The Labute approximate surface area is 140 Å². The number of ether oxygens (including phenoxy) is 1. The smallest absolute Gasteiger partial charge is 0.348 e. The van der Waals surface area contributed by atoms with E-state index in [1.807, 2.05) is 79.7 Å². The first kappa shape index (κ1) is 15.7. The van der Waals surface area contributed by atoms with E-state index in [9.17, 15) is 4.79 Å². The third-order valence-electron chi connectivity index (χ3n) is 3.54. The van der Waals surface area contributed by atoms with E-state index in [4.69, 9.17) is 4.74 Å². The van der Waals surface area contributed by atoms with Crippen LogP contribution in [0.5, 0.6) is 0 Å². The first-order valence-corrected chi connectivity index (χ1v) is 7.83. The summed E-state index contributed by atoms with van der Waals surface area (Å²) in [4.78, 5) is 16.4. The molecule has 0 aliphatic heterocycles. The molecule has 3 aromatic rings. The molecule has 0 fully saturated rings. The van der Waals surface area contributed by atoms with Crippen molar-refractivity contribution in [3.63, 3.8) is 0 Å². The molecule has 0 saturated carbocycles. The Morgan fingerprint density at radius 3 is 2.46 bits per heavy atom. The lowest BCUT2D eigenvalue weighted by atomic mass is 10.1. The maximum absolute atomic E-state index is 12.3. The SMILES string of the molecule is CCO/C(=N\C(=O)Nc1cccc2ccccc12)c1ccccc1. The van der Waals surface area contributed by atoms with Crippen LogP contribution in [-0.2, 0) is 4.74 Å². The van der Waals surface area contributed by atoms with E-state index in [0.29, 0.717) is 12.5 Å². The van der Waals surface area contributed by atoms with E-state index in [1.54, 1.807) is 0 Å². The standard InChI is InChI=1S/C20H18N2O2/c1-2-24-19(16-10-4-3-5-11-16)22-20(23)21-18-14-8-12-15-9-6-7-13-17(15)18/h3-14H,2H2,1H3,(H,21,23)/b22-19-. The maximum atomic E-state index is 12.3. The summed E-state index contributed by atoms with van der Waals surface area (Å²) in [5, 5.41) is 4.87. The zero-order chi connectivity index (χ0) is 16.8. The van der Waals surface area contributed by atoms with Gasteiger partial charge in [0.15, 0.2) is 0 Å². The fourth-order valence-corrected chi connectivity index (χ4v) is 2.47. The van der Waals surface area contributed by atoms with Gasteiger partial charge in [-0.25, -0.2) is 4.79 Å². The third-order valence-corrected chi connectivity index (χ3v) is 3.54. The van der Waals surface area contributed by atoms with Crippen molar-refractivity contribution in [3.05, 3.63) is 78.4 Å². The Morgan fingerprint density at radius 1 is 0.958 bits per heavy atom. The van der Waals surface area contributed by atoms with Gasteiger partial charge in [0, 0.05) is 10.9 Å². The molecule has 3 rings (SSSR count). The lowest BCUT2D eigenvalue weighted by Crippen LogP contribution is -2.14. The molecule has 1 N–H and O–H groups in total. The molecule has 0 heterocycles. The number of anilines is 1. The predicted molar refractivity (Wildman–Crippen MR) is 97.6 cm³/mol. The molecular formula is C20H18N2O2. The number of hydrogen-bond acceptors (Lipinski definition) is 2. The summed E-state index contributed by atoms with van der Waals surface area (Å²) in [6, 6.07) is 22.6. The molecule has 0 saturated heterocycles. The summed E-state index contributed by atoms with van der Waals surface area (Å²) < 4.78 is 5.51. The molecule has 0 radical (unpaired) electrons. The summed E-state index contributed by atoms with van der Waals surface area (Å²) in [5.41, 5.74) is 1.50. The monoisotopic (exact) mass is 318 g/mol. The average molecular weight is 318 g/mol. The van der Waals surface area contributed by atoms with Gasteiger partial charge in [0.2, 0.25) is 5.90 Å². The Bertz CT molecular complexity index is 868. The number of fused-ring (bicyclic) bond motifs is 1. The van der Waals surface area contributed by atoms with Crippen LogP contribution < -0.4 is 5.32 Å². The number of rotatable bonds is 3. The van der Waals surface area contributed by atoms with Crippen LogP contribution in [0.25, 0.3) is 10.8 Å². The van der Waals surface area contributed by atoms with E-state index >= 15 is 0 Å². The summed E-state index contributed by atoms with van der Waals surface area (Å²) in [6.45, 7) is 2.30. The average Bonchev–Trinajstić information content (AvgIpc) is 2.62. The molecule has 0 aromatic heterocycles. The van der Waals surface area contributed by atoms with Crippen LogP contribution in [0.4, 0.5) is 10.5 Å². The van der Waals surface area contributed by atoms with Gasteiger partial charge in [-0.05, 0) is 30.5 Å². The summed E-state index contributed by atoms with van der Waals surface area (Å²) in [6.07, 6.45) is 0. The highest BCUT2D eigenvalue weighted by Gasteiger charge is 2.09. The Balaban J connectivity index is 1.87. The van der Waals surface area contributed by atoms with Gasteiger partial charge < -0.3 is 10.1 Å². The van der Waals surface area contributed by atoms with Crippen LogP contribution in [0.1, 0.15) is 12.5 Å². The highest BCUT2D eigenvalue weighted by atomic mass is 16.5. The van der Waals surface area contributed by atoms with E-state index in [1.165, 1.54) is 0 Å². The zero-order valence-corrected chi connectivity index (χ0v) is 13.4. The number of carbonyl (C=O) groups excluding carboxylic acids is 1. The van der Waals surface area contributed by atoms with Crippen LogP contribution in [0.2, 0.25) is 0 Å². The van der Waals surface area contributed by atoms with Crippen molar-refractivity contribution in [2.24, 2.45) is 4.99 Å². The van der Waals surface area contributed by atoms with Crippen molar-refractivity contribution < 1.29 is 9.53 Å². The van der Waals surface area contributed by atoms with Gasteiger partial charge in [-0.15, -0.1) is 0 Å². The van der Waals surface area contributed by atoms with E-state index < -0.39 is 6.03 Å². The van der Waals surface area contributed by atoms with Crippen LogP contribution in [0.15, 0.2) is 77.8 Å². The minimum Gasteiger partial charge on any atom is -0.477 e. The summed E-state index contributed by atoms with van der Waals surface area (Å²) >= 11 is 0. The van der Waals surface area contributed by atoms with Crippen molar-refractivity contribution >= 4 is 28.4 Å². The van der Waals surface area contributed by atoms with Crippen LogP contribution >= 0.6 is 0 Å². The van der Waals surface area contributed by atoms with Crippen molar-refractivity contribution in [2.45, 2.75) is 6.92 Å². The summed E-state index contributed by atoms with van der Waals surface area (Å²) in [7, 11) is 0. The van der Waals surface area contributed by atoms with E-state index in [2.05, 4.69) is 10.3 Å². The minimum absolute atomic E-state index is 0.316. The number of urea groups is 1. The number of hydrogen-bond donors (Lipinski definition) is 1. The van der Waals surface area contributed by atoms with Gasteiger partial charge in [0.1, 0.15) is 0 Å². The molecule has 0 bridgehead atoms. The second-order valence-corrected chi connectivity index (χ2v) is 5.17. The first-order valence-electron chi connectivity index (χ1n) is 7.83. The molecule has 24 heavy (non-hydrogen) atoms. The topological polar surface area (TPSA) is 50.7 Å². The molecule has 0 atom stereocenters. The van der Waals surface area contributed by atoms with Crippen LogP contribution in [0.3, 0.4) is 0 Å². The number of benzene rings is 3. The number of aliphatic imine (C=N–C) groups is 1. The minimum atomic E-state index is -0.460. The molecule has 3 aromatic carbocycles. The van der Waals surface area contributed by atoms with Crippen LogP contribution in [0, 0.1) is 0 Å². The normalized spacial score (nSPS) is 11.3. The highest BCUT2D eigenvalue weighted by Crippen LogP contribution is 2.23. The van der Waals surface area contributed by atoms with Gasteiger partial charge in [-0.2, -0.15) is 4.99 Å². The fraction of sp³-hybridized carbons (Fsp3) is 0.100. The predicted octanol–water partition coefficient (Wildman–Crippen LogP) is 4.86. The van der Waals surface area contributed by atoms with Gasteiger partial charge in [-0.1, -0.05) is 54.6 Å². The lowest BCUT2D eigenvalue weighted by molar-refractivity contribution is 0.258. The molecular weight excluding hydrogens is 300 g/mol. The Hall–Kier alpha value is -3.14.